The summed E-state index contributed by atoms with van der Waals surface area (Å²) in [6, 6.07) is 3.73. The lowest BCUT2D eigenvalue weighted by Crippen LogP contribution is -1.81. The molecule has 2 nitrogen and oxygen atoms in total. The van der Waals surface area contributed by atoms with E-state index in [1.807, 2.05) is 6.07 Å². The minimum atomic E-state index is 0.540. The van der Waals surface area contributed by atoms with Crippen molar-refractivity contribution < 1.29 is 0 Å². The molecule has 0 N–H and O–H groups in total. The number of rotatable bonds is 1. The molecule has 64 valence electrons. The van der Waals surface area contributed by atoms with Gasteiger partial charge in [0.1, 0.15) is 6.07 Å². The molecule has 0 saturated heterocycles. The summed E-state index contributed by atoms with van der Waals surface area (Å²) >= 11 is 4.04. The van der Waals surface area contributed by atoms with Crippen LogP contribution in [0.2, 0.25) is 0 Å². The summed E-state index contributed by atoms with van der Waals surface area (Å²) in [5.41, 5.74) is 1.32. The second-order valence-corrected chi connectivity index (χ2v) is 2.80. The highest BCUT2D eigenvalue weighted by Crippen LogP contribution is 1.99. The number of nitrogens with zero attached hydrogens (tertiary/aromatic N) is 2. The Hall–Kier alpha value is -1.45. The van der Waals surface area contributed by atoms with Crippen LogP contribution in [0.3, 0.4) is 0 Å². The standard InChI is InChI=1S/C10H8N2S/c11-6-10-5-9(7-12-8-10)3-1-2-4-13/h5,7-8,13H,2,4H2. The maximum Gasteiger partial charge on any atom is 0.101 e. The Morgan fingerprint density at radius 2 is 2.15 bits per heavy atom. The third-order valence-corrected chi connectivity index (χ3v) is 1.56. The van der Waals surface area contributed by atoms with E-state index in [1.165, 1.54) is 6.20 Å². The quantitative estimate of drug-likeness (QED) is 0.537. The number of pyridine rings is 1. The molecule has 3 heteroatoms. The van der Waals surface area contributed by atoms with Gasteiger partial charge in [-0.05, 0) is 6.07 Å². The molecule has 0 spiro atoms. The molecular weight excluding hydrogens is 180 g/mol. The highest BCUT2D eigenvalue weighted by Gasteiger charge is 1.90. The molecule has 0 bridgehead atoms. The van der Waals surface area contributed by atoms with Crippen LogP contribution in [-0.4, -0.2) is 10.7 Å². The first-order chi connectivity index (χ1) is 6.36. The predicted octanol–water partition coefficient (Wildman–Crippen LogP) is 1.62. The molecule has 0 unspecified atom stereocenters. The highest BCUT2D eigenvalue weighted by atomic mass is 32.1. The zero-order valence-corrected chi connectivity index (χ0v) is 7.88. The maximum absolute atomic E-state index is 8.58. The number of hydrogen-bond acceptors (Lipinski definition) is 3. The summed E-state index contributed by atoms with van der Waals surface area (Å²) in [5.74, 6) is 6.58. The molecule has 0 aliphatic carbocycles. The summed E-state index contributed by atoms with van der Waals surface area (Å²) in [6.45, 7) is 0. The van der Waals surface area contributed by atoms with Crippen LogP contribution in [-0.2, 0) is 0 Å². The molecule has 13 heavy (non-hydrogen) atoms. The largest absolute Gasteiger partial charge is 0.262 e. The van der Waals surface area contributed by atoms with Crippen molar-refractivity contribution in [3.05, 3.63) is 29.6 Å². The third-order valence-electron chi connectivity index (χ3n) is 1.34. The molecular formula is C10H8N2S. The minimum Gasteiger partial charge on any atom is -0.262 e. The van der Waals surface area contributed by atoms with E-state index in [4.69, 9.17) is 5.26 Å². The van der Waals surface area contributed by atoms with E-state index >= 15 is 0 Å². The average Bonchev–Trinajstić information content (AvgIpc) is 2.19. The van der Waals surface area contributed by atoms with E-state index in [9.17, 15) is 0 Å². The Labute approximate surface area is 83.0 Å². The third kappa shape index (κ3) is 3.19. The highest BCUT2D eigenvalue weighted by molar-refractivity contribution is 7.80. The van der Waals surface area contributed by atoms with E-state index in [0.29, 0.717) is 5.56 Å². The van der Waals surface area contributed by atoms with Gasteiger partial charge in [0.05, 0.1) is 5.56 Å². The molecule has 0 aromatic carbocycles. The smallest absolute Gasteiger partial charge is 0.101 e. The normalized spacial score (nSPS) is 8.31. The predicted molar refractivity (Wildman–Crippen MR) is 54.3 cm³/mol. The molecule has 0 aliphatic rings. The molecule has 0 atom stereocenters. The average molecular weight is 188 g/mol. The maximum atomic E-state index is 8.58. The first kappa shape index (κ1) is 9.64. The van der Waals surface area contributed by atoms with Crippen LogP contribution in [0.1, 0.15) is 17.5 Å². The van der Waals surface area contributed by atoms with Crippen LogP contribution in [0.25, 0.3) is 0 Å². The van der Waals surface area contributed by atoms with Crippen LogP contribution in [0.15, 0.2) is 18.5 Å². The summed E-state index contributed by atoms with van der Waals surface area (Å²) < 4.78 is 0. The van der Waals surface area contributed by atoms with Gasteiger partial charge >= 0.3 is 0 Å². The van der Waals surface area contributed by atoms with Gasteiger partial charge in [0.2, 0.25) is 0 Å². The van der Waals surface area contributed by atoms with Crippen molar-refractivity contribution in [2.45, 2.75) is 6.42 Å². The van der Waals surface area contributed by atoms with E-state index in [-0.39, 0.29) is 0 Å². The van der Waals surface area contributed by atoms with Gasteiger partial charge in [-0.1, -0.05) is 11.8 Å². The van der Waals surface area contributed by atoms with Crippen molar-refractivity contribution in [1.82, 2.24) is 4.98 Å². The van der Waals surface area contributed by atoms with E-state index in [0.717, 1.165) is 17.7 Å². The second kappa shape index (κ2) is 5.24. The molecule has 0 saturated carbocycles. The van der Waals surface area contributed by atoms with Crippen LogP contribution >= 0.6 is 12.6 Å². The summed E-state index contributed by atoms with van der Waals surface area (Å²) in [6.07, 6.45) is 3.91. The van der Waals surface area contributed by atoms with Gasteiger partial charge in [0, 0.05) is 30.1 Å². The van der Waals surface area contributed by atoms with Gasteiger partial charge in [0.15, 0.2) is 0 Å². The summed E-state index contributed by atoms with van der Waals surface area (Å²) in [7, 11) is 0. The van der Waals surface area contributed by atoms with Gasteiger partial charge in [-0.3, -0.25) is 4.98 Å². The fourth-order valence-electron chi connectivity index (χ4n) is 0.790. The minimum absolute atomic E-state index is 0.540. The van der Waals surface area contributed by atoms with Crippen molar-refractivity contribution in [2.75, 3.05) is 5.75 Å². The van der Waals surface area contributed by atoms with Crippen molar-refractivity contribution in [1.29, 1.82) is 5.26 Å². The Kier molecular flexibility index (Phi) is 3.88. The van der Waals surface area contributed by atoms with Gasteiger partial charge in [-0.25, -0.2) is 0 Å². The first-order valence-electron chi connectivity index (χ1n) is 3.81. The number of hydrogen-bond donors (Lipinski definition) is 1. The van der Waals surface area contributed by atoms with Crippen molar-refractivity contribution in [3.8, 4) is 17.9 Å². The van der Waals surface area contributed by atoms with Gasteiger partial charge in [0.25, 0.3) is 0 Å². The molecule has 1 heterocycles. The topological polar surface area (TPSA) is 36.7 Å². The summed E-state index contributed by atoms with van der Waals surface area (Å²) in [5, 5.41) is 8.58. The van der Waals surface area contributed by atoms with Crippen LogP contribution in [0.5, 0.6) is 0 Å². The Morgan fingerprint density at radius 1 is 1.38 bits per heavy atom. The fraction of sp³-hybridized carbons (Fsp3) is 0.200. The zero-order chi connectivity index (χ0) is 9.52. The van der Waals surface area contributed by atoms with Crippen molar-refractivity contribution in [2.24, 2.45) is 0 Å². The molecule has 0 amide bonds. The number of thiol groups is 1. The van der Waals surface area contributed by atoms with Gasteiger partial charge in [-0.15, -0.1) is 0 Å². The number of nitriles is 1. The summed E-state index contributed by atoms with van der Waals surface area (Å²) in [4.78, 5) is 3.89. The van der Waals surface area contributed by atoms with E-state index < -0.39 is 0 Å². The molecule has 0 aliphatic heterocycles. The van der Waals surface area contributed by atoms with Crippen LogP contribution in [0, 0.1) is 23.2 Å². The second-order valence-electron chi connectivity index (χ2n) is 2.35. The molecule has 0 fully saturated rings. The van der Waals surface area contributed by atoms with E-state index in [1.54, 1.807) is 12.3 Å². The van der Waals surface area contributed by atoms with Crippen molar-refractivity contribution in [3.63, 3.8) is 0 Å². The number of aromatic nitrogens is 1. The van der Waals surface area contributed by atoms with Crippen molar-refractivity contribution >= 4 is 12.6 Å². The lowest BCUT2D eigenvalue weighted by Gasteiger charge is -1.89. The van der Waals surface area contributed by atoms with Crippen LogP contribution in [0.4, 0.5) is 0 Å². The van der Waals surface area contributed by atoms with Gasteiger partial charge < -0.3 is 0 Å². The Morgan fingerprint density at radius 3 is 2.85 bits per heavy atom. The molecule has 1 rings (SSSR count). The lowest BCUT2D eigenvalue weighted by molar-refractivity contribution is 1.28. The molecule has 0 radical (unpaired) electrons. The monoisotopic (exact) mass is 188 g/mol. The Bertz CT molecular complexity index is 382. The first-order valence-corrected chi connectivity index (χ1v) is 4.45. The van der Waals surface area contributed by atoms with Gasteiger partial charge in [-0.2, -0.15) is 17.9 Å². The fourth-order valence-corrected chi connectivity index (χ4v) is 0.902. The SMILES string of the molecule is N#Cc1cncc(C#CCCS)c1. The van der Waals surface area contributed by atoms with E-state index in [2.05, 4.69) is 29.5 Å². The lowest BCUT2D eigenvalue weighted by atomic mass is 10.2. The molecule has 1 aromatic rings. The zero-order valence-electron chi connectivity index (χ0n) is 6.99. The van der Waals surface area contributed by atoms with Crippen LogP contribution < -0.4 is 0 Å². The Balaban J connectivity index is 2.81. The molecule has 1 aromatic heterocycles.